The maximum absolute atomic E-state index is 10.5. The average molecular weight is 237 g/mol. The van der Waals surface area contributed by atoms with E-state index in [9.17, 15) is 15.2 Å². The number of aliphatic hydroxyl groups is 1. The van der Waals surface area contributed by atoms with Crippen molar-refractivity contribution in [2.24, 2.45) is 5.92 Å². The van der Waals surface area contributed by atoms with Crippen molar-refractivity contribution in [3.8, 4) is 0 Å². The molecule has 0 aliphatic rings. The molecule has 0 fully saturated rings. The third-order valence-electron chi connectivity index (χ3n) is 3.11. The number of hydrogen-bond donors (Lipinski definition) is 1. The number of hydrogen-bond acceptors (Lipinski definition) is 3. The van der Waals surface area contributed by atoms with Gasteiger partial charge in [0.05, 0.1) is 11.0 Å². The van der Waals surface area contributed by atoms with Crippen molar-refractivity contribution in [2.75, 3.05) is 0 Å². The molecular weight excluding hydrogens is 218 g/mol. The zero-order valence-electron chi connectivity index (χ0n) is 10.3. The first-order chi connectivity index (χ1) is 8.04. The van der Waals surface area contributed by atoms with E-state index in [1.165, 1.54) is 12.1 Å². The first kappa shape index (κ1) is 13.6. The molecular formula is C13H19NO3. The Morgan fingerprint density at radius 2 is 1.94 bits per heavy atom. The van der Waals surface area contributed by atoms with Crippen LogP contribution in [0.1, 0.15) is 32.3 Å². The van der Waals surface area contributed by atoms with Gasteiger partial charge in [0.15, 0.2) is 0 Å². The van der Waals surface area contributed by atoms with Gasteiger partial charge in [0, 0.05) is 12.1 Å². The molecule has 1 aromatic carbocycles. The molecule has 0 aliphatic carbocycles. The van der Waals surface area contributed by atoms with E-state index in [2.05, 4.69) is 0 Å². The zero-order valence-corrected chi connectivity index (χ0v) is 10.3. The molecule has 0 aromatic heterocycles. The Hall–Kier alpha value is -1.42. The fourth-order valence-electron chi connectivity index (χ4n) is 1.77. The van der Waals surface area contributed by atoms with Crippen LogP contribution in [0.4, 0.5) is 5.69 Å². The molecule has 1 aromatic rings. The molecule has 2 unspecified atom stereocenters. The first-order valence-electron chi connectivity index (χ1n) is 5.96. The fraction of sp³-hybridized carbons (Fsp3) is 0.538. The monoisotopic (exact) mass is 237 g/mol. The maximum Gasteiger partial charge on any atom is 0.269 e. The smallest absolute Gasteiger partial charge is 0.269 e. The summed E-state index contributed by atoms with van der Waals surface area (Å²) in [5.74, 6) is 0.259. The van der Waals surface area contributed by atoms with E-state index in [-0.39, 0.29) is 17.7 Å². The lowest BCUT2D eigenvalue weighted by atomic mass is 9.95. The summed E-state index contributed by atoms with van der Waals surface area (Å²) in [6, 6.07) is 6.61. The van der Waals surface area contributed by atoms with E-state index in [4.69, 9.17) is 0 Å². The van der Waals surface area contributed by atoms with Gasteiger partial charge < -0.3 is 5.11 Å². The van der Waals surface area contributed by atoms with Gasteiger partial charge in [-0.3, -0.25) is 10.1 Å². The summed E-state index contributed by atoms with van der Waals surface area (Å²) in [5.41, 5.74) is 1.20. The predicted molar refractivity (Wildman–Crippen MR) is 66.9 cm³/mol. The highest BCUT2D eigenvalue weighted by atomic mass is 16.6. The Kier molecular flexibility index (Phi) is 5.10. The molecule has 17 heavy (non-hydrogen) atoms. The van der Waals surface area contributed by atoms with E-state index in [1.807, 2.05) is 13.8 Å². The van der Waals surface area contributed by atoms with Crippen molar-refractivity contribution >= 4 is 5.69 Å². The lowest BCUT2D eigenvalue weighted by Crippen LogP contribution is -2.16. The lowest BCUT2D eigenvalue weighted by Gasteiger charge is -2.16. The van der Waals surface area contributed by atoms with Crippen molar-refractivity contribution in [3.63, 3.8) is 0 Å². The normalized spacial score (nSPS) is 14.3. The average Bonchev–Trinajstić information content (AvgIpc) is 2.35. The molecule has 94 valence electrons. The van der Waals surface area contributed by atoms with Gasteiger partial charge in [-0.2, -0.15) is 0 Å². The Morgan fingerprint density at radius 1 is 1.35 bits per heavy atom. The minimum atomic E-state index is -0.396. The quantitative estimate of drug-likeness (QED) is 0.611. The number of rotatable bonds is 6. The molecule has 0 bridgehead atoms. The molecule has 4 heteroatoms. The molecule has 0 saturated carbocycles. The van der Waals surface area contributed by atoms with Crippen LogP contribution in [0, 0.1) is 16.0 Å². The van der Waals surface area contributed by atoms with Crippen LogP contribution in [0.5, 0.6) is 0 Å². The van der Waals surface area contributed by atoms with E-state index < -0.39 is 4.92 Å². The predicted octanol–water partition coefficient (Wildman–Crippen LogP) is 2.93. The third kappa shape index (κ3) is 4.15. The Balaban J connectivity index is 2.50. The number of aliphatic hydroxyl groups excluding tert-OH is 1. The number of nitrogens with zero attached hydrogens (tertiary/aromatic N) is 1. The van der Waals surface area contributed by atoms with Gasteiger partial charge in [-0.1, -0.05) is 26.0 Å². The number of nitro benzene ring substituents is 1. The second-order valence-corrected chi connectivity index (χ2v) is 4.42. The largest absolute Gasteiger partial charge is 0.393 e. The molecule has 0 saturated heterocycles. The van der Waals surface area contributed by atoms with Gasteiger partial charge in [0.25, 0.3) is 5.69 Å². The van der Waals surface area contributed by atoms with Crippen LogP contribution in [-0.2, 0) is 6.42 Å². The SMILES string of the molecule is CCC(O)C(C)CCc1ccc([N+](=O)[O-])cc1. The van der Waals surface area contributed by atoms with Crippen LogP contribution in [0.25, 0.3) is 0 Å². The van der Waals surface area contributed by atoms with E-state index in [0.29, 0.717) is 0 Å². The molecule has 0 heterocycles. The summed E-state index contributed by atoms with van der Waals surface area (Å²) in [6.07, 6.45) is 2.25. The highest BCUT2D eigenvalue weighted by Gasteiger charge is 2.12. The lowest BCUT2D eigenvalue weighted by molar-refractivity contribution is -0.384. The van der Waals surface area contributed by atoms with Crippen molar-refractivity contribution in [3.05, 3.63) is 39.9 Å². The van der Waals surface area contributed by atoms with Gasteiger partial charge in [-0.15, -0.1) is 0 Å². The van der Waals surface area contributed by atoms with Gasteiger partial charge >= 0.3 is 0 Å². The topological polar surface area (TPSA) is 63.4 Å². The number of aryl methyl sites for hydroxylation is 1. The molecule has 0 amide bonds. The first-order valence-corrected chi connectivity index (χ1v) is 5.96. The number of benzene rings is 1. The minimum Gasteiger partial charge on any atom is -0.393 e. The Labute approximate surface area is 101 Å². The van der Waals surface area contributed by atoms with Crippen LogP contribution in [0.15, 0.2) is 24.3 Å². The summed E-state index contributed by atoms with van der Waals surface area (Å²) in [4.78, 5) is 10.1. The van der Waals surface area contributed by atoms with Crippen molar-refractivity contribution in [1.82, 2.24) is 0 Å². The van der Waals surface area contributed by atoms with E-state index >= 15 is 0 Å². The molecule has 1 rings (SSSR count). The summed E-state index contributed by atoms with van der Waals surface area (Å²) in [5, 5.41) is 20.1. The van der Waals surface area contributed by atoms with Gasteiger partial charge in [-0.05, 0) is 30.7 Å². The van der Waals surface area contributed by atoms with E-state index in [0.717, 1.165) is 24.8 Å². The third-order valence-corrected chi connectivity index (χ3v) is 3.11. The van der Waals surface area contributed by atoms with Gasteiger partial charge in [0.2, 0.25) is 0 Å². The fourth-order valence-corrected chi connectivity index (χ4v) is 1.77. The molecule has 0 aliphatic heterocycles. The summed E-state index contributed by atoms with van der Waals surface area (Å²) >= 11 is 0. The second-order valence-electron chi connectivity index (χ2n) is 4.42. The van der Waals surface area contributed by atoms with Crippen LogP contribution in [0.3, 0.4) is 0 Å². The second kappa shape index (κ2) is 6.35. The van der Waals surface area contributed by atoms with Crippen LogP contribution < -0.4 is 0 Å². The van der Waals surface area contributed by atoms with E-state index in [1.54, 1.807) is 12.1 Å². The van der Waals surface area contributed by atoms with Crippen molar-refractivity contribution in [2.45, 2.75) is 39.2 Å². The minimum absolute atomic E-state index is 0.121. The van der Waals surface area contributed by atoms with Crippen LogP contribution in [-0.4, -0.2) is 16.1 Å². The highest BCUT2D eigenvalue weighted by Crippen LogP contribution is 2.17. The number of non-ortho nitro benzene ring substituents is 1. The van der Waals surface area contributed by atoms with Gasteiger partial charge in [0.1, 0.15) is 0 Å². The zero-order chi connectivity index (χ0) is 12.8. The van der Waals surface area contributed by atoms with Crippen molar-refractivity contribution < 1.29 is 10.0 Å². The highest BCUT2D eigenvalue weighted by molar-refractivity contribution is 5.32. The van der Waals surface area contributed by atoms with Crippen LogP contribution in [0.2, 0.25) is 0 Å². The molecule has 0 spiro atoms. The molecule has 0 radical (unpaired) electrons. The summed E-state index contributed by atoms with van der Waals surface area (Å²) < 4.78 is 0. The van der Waals surface area contributed by atoms with Crippen molar-refractivity contribution in [1.29, 1.82) is 0 Å². The molecule has 4 nitrogen and oxygen atoms in total. The summed E-state index contributed by atoms with van der Waals surface area (Å²) in [7, 11) is 0. The summed E-state index contributed by atoms with van der Waals surface area (Å²) in [6.45, 7) is 3.99. The molecule has 2 atom stereocenters. The van der Waals surface area contributed by atoms with Crippen LogP contribution >= 0.6 is 0 Å². The molecule has 1 N–H and O–H groups in total. The Morgan fingerprint density at radius 3 is 2.41 bits per heavy atom. The Bertz CT molecular complexity index is 361. The van der Waals surface area contributed by atoms with Gasteiger partial charge in [-0.25, -0.2) is 0 Å². The number of nitro groups is 1. The standard InChI is InChI=1S/C13H19NO3/c1-3-13(15)10(2)4-5-11-6-8-12(9-7-11)14(16)17/h6-10,13,15H,3-5H2,1-2H3. The maximum atomic E-state index is 10.5.